The van der Waals surface area contributed by atoms with Crippen molar-refractivity contribution in [2.24, 2.45) is 5.73 Å². The van der Waals surface area contributed by atoms with Gasteiger partial charge in [-0.25, -0.2) is 0 Å². The van der Waals surface area contributed by atoms with Gasteiger partial charge >= 0.3 is 0 Å². The second kappa shape index (κ2) is 5.03. The molecule has 0 spiro atoms. The number of rotatable bonds is 4. The lowest BCUT2D eigenvalue weighted by Crippen LogP contribution is -2.35. The van der Waals surface area contributed by atoms with Gasteiger partial charge in [-0.05, 0) is 31.0 Å². The van der Waals surface area contributed by atoms with Gasteiger partial charge in [0.15, 0.2) is 0 Å². The summed E-state index contributed by atoms with van der Waals surface area (Å²) >= 11 is 1.87. The molecule has 1 unspecified atom stereocenters. The van der Waals surface area contributed by atoms with Gasteiger partial charge < -0.3 is 5.73 Å². The van der Waals surface area contributed by atoms with Crippen molar-refractivity contribution in [3.8, 4) is 0 Å². The molecule has 1 heterocycles. The van der Waals surface area contributed by atoms with E-state index in [0.717, 1.165) is 12.8 Å². The third-order valence-corrected chi connectivity index (χ3v) is 4.27. The van der Waals surface area contributed by atoms with Crippen molar-refractivity contribution in [3.63, 3.8) is 0 Å². The van der Waals surface area contributed by atoms with E-state index < -0.39 is 0 Å². The lowest BCUT2D eigenvalue weighted by molar-refractivity contribution is 0.495. The Morgan fingerprint density at radius 2 is 1.71 bits per heavy atom. The first-order valence-electron chi connectivity index (χ1n) is 6.04. The van der Waals surface area contributed by atoms with Gasteiger partial charge in [-0.3, -0.25) is 0 Å². The molecule has 0 amide bonds. The quantitative estimate of drug-likeness (QED) is 0.872. The molecule has 1 atom stereocenters. The van der Waals surface area contributed by atoms with Gasteiger partial charge in [0, 0.05) is 21.7 Å². The fourth-order valence-electron chi connectivity index (χ4n) is 1.99. The van der Waals surface area contributed by atoms with Crippen LogP contribution in [0.4, 0.5) is 0 Å². The van der Waals surface area contributed by atoms with Crippen molar-refractivity contribution in [1.82, 2.24) is 0 Å². The highest BCUT2D eigenvalue weighted by Gasteiger charge is 2.22. The van der Waals surface area contributed by atoms with Gasteiger partial charge in [-0.15, -0.1) is 11.3 Å². The molecule has 0 saturated heterocycles. The Balaban J connectivity index is 2.17. The van der Waals surface area contributed by atoms with Crippen LogP contribution in [0, 0.1) is 0 Å². The fraction of sp³-hybridized carbons (Fsp3) is 0.333. The van der Waals surface area contributed by atoms with Crippen LogP contribution in [0.25, 0.3) is 0 Å². The van der Waals surface area contributed by atoms with Gasteiger partial charge in [0.05, 0.1) is 0 Å². The summed E-state index contributed by atoms with van der Waals surface area (Å²) in [6.45, 7) is 4.29. The van der Waals surface area contributed by atoms with Crippen LogP contribution in [0.1, 0.15) is 29.2 Å². The van der Waals surface area contributed by atoms with Crippen LogP contribution in [-0.2, 0) is 18.4 Å². The number of hydrogen-bond donors (Lipinski definition) is 1. The van der Waals surface area contributed by atoms with E-state index in [1.165, 1.54) is 15.3 Å². The second-order valence-corrected chi connectivity index (χ2v) is 5.93. The lowest BCUT2D eigenvalue weighted by atomic mass is 9.89. The minimum absolute atomic E-state index is 0.281. The molecule has 0 aliphatic heterocycles. The third-order valence-electron chi connectivity index (χ3n) is 3.04. The van der Waals surface area contributed by atoms with Crippen molar-refractivity contribution in [3.05, 3.63) is 57.8 Å². The maximum absolute atomic E-state index is 6.43. The highest BCUT2D eigenvalue weighted by molar-refractivity contribution is 7.12. The van der Waals surface area contributed by atoms with Crippen molar-refractivity contribution >= 4 is 11.3 Å². The standard InChI is InChI=1S/C15H19NS/c1-3-13-9-10-14(17-13)11-15(2,16)12-7-5-4-6-8-12/h4-10H,3,11,16H2,1-2H3. The topological polar surface area (TPSA) is 26.0 Å². The largest absolute Gasteiger partial charge is 0.321 e. The number of aryl methyl sites for hydroxylation is 1. The monoisotopic (exact) mass is 245 g/mol. The number of thiophene rings is 1. The molecule has 0 radical (unpaired) electrons. The average molecular weight is 245 g/mol. The maximum Gasteiger partial charge on any atom is 0.0429 e. The molecule has 2 N–H and O–H groups in total. The highest BCUT2D eigenvalue weighted by atomic mass is 32.1. The minimum Gasteiger partial charge on any atom is -0.321 e. The Bertz CT molecular complexity index is 471. The molecule has 0 saturated carbocycles. The van der Waals surface area contributed by atoms with Crippen LogP contribution >= 0.6 is 11.3 Å². The Labute approximate surface area is 107 Å². The lowest BCUT2D eigenvalue weighted by Gasteiger charge is -2.24. The smallest absolute Gasteiger partial charge is 0.0429 e. The molecule has 0 bridgehead atoms. The molecule has 0 fully saturated rings. The molecular formula is C15H19NS. The molecule has 1 nitrogen and oxygen atoms in total. The number of nitrogens with two attached hydrogens (primary N) is 1. The summed E-state index contributed by atoms with van der Waals surface area (Å²) in [7, 11) is 0. The Morgan fingerprint density at radius 3 is 2.29 bits per heavy atom. The van der Waals surface area contributed by atoms with E-state index in [-0.39, 0.29) is 5.54 Å². The Hall–Kier alpha value is -1.12. The zero-order valence-corrected chi connectivity index (χ0v) is 11.3. The molecule has 0 aliphatic carbocycles. The van der Waals surface area contributed by atoms with Crippen LogP contribution < -0.4 is 5.73 Å². The summed E-state index contributed by atoms with van der Waals surface area (Å²) in [4.78, 5) is 2.81. The van der Waals surface area contributed by atoms with Gasteiger partial charge in [-0.1, -0.05) is 37.3 Å². The van der Waals surface area contributed by atoms with E-state index in [2.05, 4.69) is 38.1 Å². The van der Waals surface area contributed by atoms with Gasteiger partial charge in [0.2, 0.25) is 0 Å². The molecule has 17 heavy (non-hydrogen) atoms. The number of hydrogen-bond acceptors (Lipinski definition) is 2. The molecule has 90 valence electrons. The van der Waals surface area contributed by atoms with E-state index >= 15 is 0 Å². The first kappa shape index (κ1) is 12.3. The van der Waals surface area contributed by atoms with Crippen LogP contribution in [0.5, 0.6) is 0 Å². The molecule has 2 rings (SSSR count). The second-order valence-electron chi connectivity index (χ2n) is 4.68. The van der Waals surface area contributed by atoms with E-state index in [1.54, 1.807) is 0 Å². The van der Waals surface area contributed by atoms with Crippen molar-refractivity contribution in [2.75, 3.05) is 0 Å². The summed E-state index contributed by atoms with van der Waals surface area (Å²) in [6.07, 6.45) is 2.01. The Kier molecular flexibility index (Phi) is 3.65. The van der Waals surface area contributed by atoms with Crippen molar-refractivity contribution < 1.29 is 0 Å². The van der Waals surface area contributed by atoms with E-state index in [9.17, 15) is 0 Å². The summed E-state index contributed by atoms with van der Waals surface area (Å²) in [5.74, 6) is 0. The summed E-state index contributed by atoms with van der Waals surface area (Å²) < 4.78 is 0. The third kappa shape index (κ3) is 2.96. The SMILES string of the molecule is CCc1ccc(CC(C)(N)c2ccccc2)s1. The minimum atomic E-state index is -0.281. The van der Waals surface area contributed by atoms with Crippen LogP contribution in [0.2, 0.25) is 0 Å². The summed E-state index contributed by atoms with van der Waals surface area (Å²) in [6, 6.07) is 14.7. The molecule has 0 aliphatic rings. The predicted octanol–water partition coefficient (Wildman–Crippen LogP) is 3.73. The average Bonchev–Trinajstić information content (AvgIpc) is 2.77. The van der Waals surface area contributed by atoms with E-state index in [1.807, 2.05) is 29.5 Å². The predicted molar refractivity (Wildman–Crippen MR) is 75.4 cm³/mol. The van der Waals surface area contributed by atoms with Crippen LogP contribution in [-0.4, -0.2) is 0 Å². The Morgan fingerprint density at radius 1 is 1.06 bits per heavy atom. The normalized spacial score (nSPS) is 14.5. The highest BCUT2D eigenvalue weighted by Crippen LogP contribution is 2.26. The maximum atomic E-state index is 6.43. The van der Waals surface area contributed by atoms with Gasteiger partial charge in [-0.2, -0.15) is 0 Å². The summed E-state index contributed by atoms with van der Waals surface area (Å²) in [5, 5.41) is 0. The molecule has 2 heteroatoms. The zero-order valence-electron chi connectivity index (χ0n) is 10.4. The molecular weight excluding hydrogens is 226 g/mol. The zero-order chi connectivity index (χ0) is 12.3. The molecule has 1 aromatic heterocycles. The van der Waals surface area contributed by atoms with E-state index in [4.69, 9.17) is 5.73 Å². The van der Waals surface area contributed by atoms with Gasteiger partial charge in [0.1, 0.15) is 0 Å². The summed E-state index contributed by atoms with van der Waals surface area (Å²) in [5.41, 5.74) is 7.35. The van der Waals surface area contributed by atoms with Crippen molar-refractivity contribution in [2.45, 2.75) is 32.2 Å². The first-order valence-corrected chi connectivity index (χ1v) is 6.85. The fourth-order valence-corrected chi connectivity index (χ4v) is 3.12. The molecule has 1 aromatic carbocycles. The van der Waals surface area contributed by atoms with E-state index in [0.29, 0.717) is 0 Å². The molecule has 2 aromatic rings. The van der Waals surface area contributed by atoms with Crippen LogP contribution in [0.15, 0.2) is 42.5 Å². The number of benzene rings is 1. The van der Waals surface area contributed by atoms with Crippen LogP contribution in [0.3, 0.4) is 0 Å². The van der Waals surface area contributed by atoms with Crippen molar-refractivity contribution in [1.29, 1.82) is 0 Å². The first-order chi connectivity index (χ1) is 8.12. The van der Waals surface area contributed by atoms with Gasteiger partial charge in [0.25, 0.3) is 0 Å².